The van der Waals surface area contributed by atoms with E-state index in [-0.39, 0.29) is 5.95 Å². The highest BCUT2D eigenvalue weighted by Crippen LogP contribution is 2.24. The van der Waals surface area contributed by atoms with E-state index in [9.17, 15) is 0 Å². The molecule has 0 fully saturated rings. The Hall–Kier alpha value is -1.82. The second-order valence-electron chi connectivity index (χ2n) is 4.11. The van der Waals surface area contributed by atoms with Crippen LogP contribution in [0.1, 0.15) is 12.5 Å². The second-order valence-corrected chi connectivity index (χ2v) is 5.03. The monoisotopic (exact) mass is 321 g/mol. The molecular weight excluding hydrogens is 306 g/mol. The highest BCUT2D eigenvalue weighted by Gasteiger charge is 2.04. The highest BCUT2D eigenvalue weighted by atomic mass is 79.9. The zero-order valence-electron chi connectivity index (χ0n) is 10.9. The van der Waals surface area contributed by atoms with Crippen LogP contribution in [-0.4, -0.2) is 16.5 Å². The lowest BCUT2D eigenvalue weighted by molar-refractivity contribution is 1.12. The van der Waals surface area contributed by atoms with Gasteiger partial charge in [-0.05, 0) is 37.6 Å². The fraction of sp³-hybridized carbons (Fsp3) is 0.231. The molecule has 1 aromatic carbocycles. The van der Waals surface area contributed by atoms with E-state index in [1.54, 1.807) is 0 Å². The van der Waals surface area contributed by atoms with Gasteiger partial charge in [0.25, 0.3) is 0 Å². The SMILES string of the molecule is CCNc1cc(Nc2ccc(Br)cc2C)nc(N)n1. The topological polar surface area (TPSA) is 75.9 Å². The van der Waals surface area contributed by atoms with Gasteiger partial charge in [0, 0.05) is 22.8 Å². The number of nitrogen functional groups attached to an aromatic ring is 1. The van der Waals surface area contributed by atoms with Crippen LogP contribution < -0.4 is 16.4 Å². The van der Waals surface area contributed by atoms with Crippen LogP contribution >= 0.6 is 15.9 Å². The smallest absolute Gasteiger partial charge is 0.223 e. The minimum absolute atomic E-state index is 0.246. The Morgan fingerprint density at radius 3 is 2.63 bits per heavy atom. The van der Waals surface area contributed by atoms with Gasteiger partial charge in [-0.15, -0.1) is 0 Å². The van der Waals surface area contributed by atoms with E-state index in [4.69, 9.17) is 5.73 Å². The van der Waals surface area contributed by atoms with Crippen molar-refractivity contribution in [2.75, 3.05) is 22.9 Å². The normalized spacial score (nSPS) is 10.3. The van der Waals surface area contributed by atoms with Crippen molar-refractivity contribution in [2.45, 2.75) is 13.8 Å². The molecule has 0 spiro atoms. The molecule has 2 aromatic rings. The molecule has 0 radical (unpaired) electrons. The van der Waals surface area contributed by atoms with Crippen LogP contribution in [0.4, 0.5) is 23.3 Å². The van der Waals surface area contributed by atoms with Crippen molar-refractivity contribution < 1.29 is 0 Å². The van der Waals surface area contributed by atoms with Gasteiger partial charge in [0.05, 0.1) is 0 Å². The summed E-state index contributed by atoms with van der Waals surface area (Å²) in [5.74, 6) is 1.64. The summed E-state index contributed by atoms with van der Waals surface area (Å²) in [5, 5.41) is 6.37. The van der Waals surface area contributed by atoms with E-state index >= 15 is 0 Å². The number of anilines is 4. The number of rotatable bonds is 4. The van der Waals surface area contributed by atoms with Gasteiger partial charge in [0.1, 0.15) is 11.6 Å². The maximum absolute atomic E-state index is 5.70. The number of nitrogens with two attached hydrogens (primary N) is 1. The molecule has 0 bridgehead atoms. The minimum Gasteiger partial charge on any atom is -0.370 e. The first kappa shape index (κ1) is 13.6. The van der Waals surface area contributed by atoms with E-state index in [1.807, 2.05) is 38.1 Å². The van der Waals surface area contributed by atoms with Crippen molar-refractivity contribution >= 4 is 39.2 Å². The molecule has 0 aliphatic heterocycles. The van der Waals surface area contributed by atoms with Crippen molar-refractivity contribution in [2.24, 2.45) is 0 Å². The van der Waals surface area contributed by atoms with Crippen LogP contribution in [0.25, 0.3) is 0 Å². The summed E-state index contributed by atoms with van der Waals surface area (Å²) in [7, 11) is 0. The first-order chi connectivity index (χ1) is 9.08. The van der Waals surface area contributed by atoms with Crippen LogP contribution in [0.15, 0.2) is 28.7 Å². The average molecular weight is 322 g/mol. The van der Waals surface area contributed by atoms with E-state index in [2.05, 4.69) is 36.5 Å². The zero-order chi connectivity index (χ0) is 13.8. The van der Waals surface area contributed by atoms with Gasteiger partial charge in [0.2, 0.25) is 5.95 Å². The predicted molar refractivity (Wildman–Crippen MR) is 82.8 cm³/mol. The molecule has 1 aromatic heterocycles. The number of aryl methyl sites for hydroxylation is 1. The lowest BCUT2D eigenvalue weighted by Crippen LogP contribution is -2.06. The van der Waals surface area contributed by atoms with Gasteiger partial charge in [-0.25, -0.2) is 0 Å². The summed E-state index contributed by atoms with van der Waals surface area (Å²) in [5.41, 5.74) is 7.81. The Morgan fingerprint density at radius 2 is 1.95 bits per heavy atom. The number of aromatic nitrogens is 2. The predicted octanol–water partition coefficient (Wildman–Crippen LogP) is 3.31. The summed E-state index contributed by atoms with van der Waals surface area (Å²) >= 11 is 3.44. The van der Waals surface area contributed by atoms with E-state index < -0.39 is 0 Å². The molecule has 0 saturated carbocycles. The van der Waals surface area contributed by atoms with Crippen molar-refractivity contribution in [1.82, 2.24) is 9.97 Å². The van der Waals surface area contributed by atoms with Crippen molar-refractivity contribution in [3.05, 3.63) is 34.3 Å². The molecule has 0 amide bonds. The van der Waals surface area contributed by atoms with Crippen molar-refractivity contribution in [3.8, 4) is 0 Å². The number of hydrogen-bond donors (Lipinski definition) is 3. The fourth-order valence-electron chi connectivity index (χ4n) is 1.71. The van der Waals surface area contributed by atoms with Crippen LogP contribution in [0.2, 0.25) is 0 Å². The maximum Gasteiger partial charge on any atom is 0.223 e. The molecule has 0 atom stereocenters. The Kier molecular flexibility index (Phi) is 4.21. The number of nitrogens with one attached hydrogen (secondary N) is 2. The standard InChI is InChI=1S/C13H16BrN5/c1-3-16-11-7-12(19-13(15)18-11)17-10-5-4-9(14)6-8(10)2/h4-7H,3H2,1-2H3,(H4,15,16,17,18,19). The molecule has 2 rings (SSSR count). The largest absolute Gasteiger partial charge is 0.370 e. The third kappa shape index (κ3) is 3.57. The van der Waals surface area contributed by atoms with E-state index in [0.29, 0.717) is 11.6 Å². The average Bonchev–Trinajstić information content (AvgIpc) is 2.32. The fourth-order valence-corrected chi connectivity index (χ4v) is 2.18. The molecule has 6 heteroatoms. The van der Waals surface area contributed by atoms with Crippen molar-refractivity contribution in [3.63, 3.8) is 0 Å². The van der Waals surface area contributed by atoms with Crippen LogP contribution in [-0.2, 0) is 0 Å². The molecule has 100 valence electrons. The molecule has 0 unspecified atom stereocenters. The number of nitrogens with zero attached hydrogens (tertiary/aromatic N) is 2. The van der Waals surface area contributed by atoms with E-state index in [0.717, 1.165) is 22.3 Å². The molecule has 0 aliphatic carbocycles. The molecule has 1 heterocycles. The molecule has 0 aliphatic rings. The number of benzene rings is 1. The Morgan fingerprint density at radius 1 is 1.21 bits per heavy atom. The Bertz CT molecular complexity index is 585. The summed E-state index contributed by atoms with van der Waals surface area (Å²) in [6, 6.07) is 7.84. The first-order valence-corrected chi connectivity index (χ1v) is 6.79. The molecule has 4 N–H and O–H groups in total. The van der Waals surface area contributed by atoms with Gasteiger partial charge in [0.15, 0.2) is 0 Å². The minimum atomic E-state index is 0.246. The lowest BCUT2D eigenvalue weighted by Gasteiger charge is -2.11. The van der Waals surface area contributed by atoms with Gasteiger partial charge in [-0.3, -0.25) is 0 Å². The van der Waals surface area contributed by atoms with Gasteiger partial charge in [-0.1, -0.05) is 15.9 Å². The second kappa shape index (κ2) is 5.88. The summed E-state index contributed by atoms with van der Waals surface area (Å²) < 4.78 is 1.05. The first-order valence-electron chi connectivity index (χ1n) is 6.00. The van der Waals surface area contributed by atoms with Crippen LogP contribution in [0.5, 0.6) is 0 Å². The van der Waals surface area contributed by atoms with Gasteiger partial charge < -0.3 is 16.4 Å². The molecule has 19 heavy (non-hydrogen) atoms. The lowest BCUT2D eigenvalue weighted by atomic mass is 10.2. The summed E-state index contributed by atoms with van der Waals surface area (Å²) in [6.07, 6.45) is 0. The third-order valence-corrected chi connectivity index (χ3v) is 3.05. The number of halogens is 1. The molecule has 5 nitrogen and oxygen atoms in total. The highest BCUT2D eigenvalue weighted by molar-refractivity contribution is 9.10. The van der Waals surface area contributed by atoms with Gasteiger partial charge in [-0.2, -0.15) is 9.97 Å². The van der Waals surface area contributed by atoms with Crippen LogP contribution in [0.3, 0.4) is 0 Å². The number of hydrogen-bond acceptors (Lipinski definition) is 5. The zero-order valence-corrected chi connectivity index (χ0v) is 12.5. The third-order valence-electron chi connectivity index (χ3n) is 2.55. The van der Waals surface area contributed by atoms with Gasteiger partial charge >= 0.3 is 0 Å². The molecular formula is C13H16BrN5. The molecule has 0 saturated heterocycles. The van der Waals surface area contributed by atoms with E-state index in [1.165, 1.54) is 0 Å². The Balaban J connectivity index is 2.27. The summed E-state index contributed by atoms with van der Waals surface area (Å²) in [4.78, 5) is 8.29. The quantitative estimate of drug-likeness (QED) is 0.805. The van der Waals surface area contributed by atoms with Crippen LogP contribution in [0, 0.1) is 6.92 Å². The Labute approximate surface area is 120 Å². The summed E-state index contributed by atoms with van der Waals surface area (Å²) in [6.45, 7) is 4.82. The maximum atomic E-state index is 5.70. The van der Waals surface area contributed by atoms with Crippen molar-refractivity contribution in [1.29, 1.82) is 0 Å².